The van der Waals surface area contributed by atoms with E-state index in [1.54, 1.807) is 0 Å². The number of thiazole rings is 1. The van der Waals surface area contributed by atoms with Gasteiger partial charge in [0.25, 0.3) is 5.91 Å². The molecule has 2 N–H and O–H groups in total. The molecule has 2 aliphatic rings. The molecule has 1 unspecified atom stereocenters. The zero-order chi connectivity index (χ0) is 23.2. The second kappa shape index (κ2) is 8.46. The maximum absolute atomic E-state index is 12.6. The van der Waals surface area contributed by atoms with E-state index in [1.165, 1.54) is 16.9 Å². The van der Waals surface area contributed by atoms with Crippen molar-refractivity contribution >= 4 is 33.8 Å². The molecule has 0 spiro atoms. The van der Waals surface area contributed by atoms with Crippen LogP contribution < -0.4 is 15.5 Å². The number of carbonyl (C=O) groups is 1. The van der Waals surface area contributed by atoms with Gasteiger partial charge in [0.1, 0.15) is 16.3 Å². The number of morpholine rings is 1. The first-order valence-corrected chi connectivity index (χ1v) is 12.1. The van der Waals surface area contributed by atoms with Crippen LogP contribution in [-0.4, -0.2) is 47.4 Å². The van der Waals surface area contributed by atoms with E-state index in [9.17, 15) is 4.79 Å². The Hall–Kier alpha value is -2.91. The predicted molar refractivity (Wildman–Crippen MR) is 129 cm³/mol. The average Bonchev–Trinajstić information content (AvgIpc) is 3.32. The van der Waals surface area contributed by atoms with Crippen LogP contribution in [0.2, 0.25) is 0 Å². The molecule has 1 aromatic carbocycles. The molecular formula is C24H29N5O3S. The van der Waals surface area contributed by atoms with Crippen LogP contribution in [0.15, 0.2) is 28.8 Å². The van der Waals surface area contributed by atoms with Gasteiger partial charge >= 0.3 is 0 Å². The molecule has 1 atom stereocenters. The van der Waals surface area contributed by atoms with E-state index in [-0.39, 0.29) is 17.5 Å². The monoisotopic (exact) mass is 467 g/mol. The van der Waals surface area contributed by atoms with Crippen molar-refractivity contribution in [3.05, 3.63) is 51.9 Å². The zero-order valence-corrected chi connectivity index (χ0v) is 20.2. The molecule has 3 aromatic rings. The standard InChI is InChI=1S/C24H29N5O3S/c1-14-20(15(2)32-28-14)25-17-7-5-6-16(10-17)11-18-13-31-9-8-29(18)23-26-19-12-24(3,4)27-22(30)21(19)33-23/h5-7,10,18,25H,8-9,11-13H2,1-4H3,(H,27,30). The van der Waals surface area contributed by atoms with Gasteiger partial charge in [0, 0.05) is 24.2 Å². The maximum Gasteiger partial charge on any atom is 0.263 e. The quantitative estimate of drug-likeness (QED) is 0.586. The lowest BCUT2D eigenvalue weighted by Crippen LogP contribution is -2.48. The van der Waals surface area contributed by atoms with Gasteiger partial charge in [-0.25, -0.2) is 4.98 Å². The molecule has 8 nitrogen and oxygen atoms in total. The topological polar surface area (TPSA) is 92.5 Å². The molecule has 4 heterocycles. The molecular weight excluding hydrogens is 438 g/mol. The minimum atomic E-state index is -0.269. The summed E-state index contributed by atoms with van der Waals surface area (Å²) in [6.45, 7) is 9.95. The first-order valence-electron chi connectivity index (χ1n) is 11.2. The zero-order valence-electron chi connectivity index (χ0n) is 19.4. The van der Waals surface area contributed by atoms with Crippen LogP contribution in [0.5, 0.6) is 0 Å². The van der Waals surface area contributed by atoms with Gasteiger partial charge in [-0.15, -0.1) is 0 Å². The van der Waals surface area contributed by atoms with E-state index in [1.807, 2.05) is 33.8 Å². The largest absolute Gasteiger partial charge is 0.377 e. The number of hydrogen-bond acceptors (Lipinski definition) is 8. The fourth-order valence-corrected chi connectivity index (χ4v) is 5.59. The molecule has 0 radical (unpaired) electrons. The van der Waals surface area contributed by atoms with Crippen molar-refractivity contribution in [2.45, 2.75) is 52.1 Å². The van der Waals surface area contributed by atoms with Gasteiger partial charge in [-0.3, -0.25) is 4.79 Å². The molecule has 0 saturated carbocycles. The molecule has 0 aliphatic carbocycles. The van der Waals surface area contributed by atoms with Gasteiger partial charge in [0.2, 0.25) is 0 Å². The Morgan fingerprint density at radius 3 is 2.97 bits per heavy atom. The van der Waals surface area contributed by atoms with Crippen molar-refractivity contribution in [2.75, 3.05) is 30.0 Å². The van der Waals surface area contributed by atoms with Gasteiger partial charge < -0.3 is 24.8 Å². The number of anilines is 3. The molecule has 2 aromatic heterocycles. The SMILES string of the molecule is Cc1noc(C)c1Nc1cccc(CC2COCCN2c2nc3c(s2)C(=O)NC(C)(C)C3)c1. The van der Waals surface area contributed by atoms with E-state index in [2.05, 4.69) is 38.9 Å². The van der Waals surface area contributed by atoms with Crippen LogP contribution >= 0.6 is 11.3 Å². The third-order valence-electron chi connectivity index (χ3n) is 6.13. The highest BCUT2D eigenvalue weighted by molar-refractivity contribution is 7.17. The average molecular weight is 468 g/mol. The van der Waals surface area contributed by atoms with Gasteiger partial charge in [0.05, 0.1) is 24.9 Å². The highest BCUT2D eigenvalue weighted by atomic mass is 32.1. The molecule has 5 rings (SSSR count). The number of amides is 1. The number of nitrogens with one attached hydrogen (secondary N) is 2. The number of rotatable bonds is 5. The highest BCUT2D eigenvalue weighted by Crippen LogP contribution is 2.34. The lowest BCUT2D eigenvalue weighted by atomic mass is 9.94. The smallest absolute Gasteiger partial charge is 0.263 e. The van der Waals surface area contributed by atoms with Crippen molar-refractivity contribution in [1.82, 2.24) is 15.5 Å². The summed E-state index contributed by atoms with van der Waals surface area (Å²) in [6.07, 6.45) is 1.56. The Morgan fingerprint density at radius 1 is 1.33 bits per heavy atom. The summed E-state index contributed by atoms with van der Waals surface area (Å²) in [4.78, 5) is 20.5. The molecule has 2 aliphatic heterocycles. The van der Waals surface area contributed by atoms with E-state index in [0.29, 0.717) is 13.2 Å². The molecule has 9 heteroatoms. The van der Waals surface area contributed by atoms with E-state index in [4.69, 9.17) is 14.2 Å². The Kier molecular flexibility index (Phi) is 5.62. The Bertz CT molecular complexity index is 1170. The summed E-state index contributed by atoms with van der Waals surface area (Å²) in [5.41, 5.74) is 4.57. The number of ether oxygens (including phenoxy) is 1. The van der Waals surface area contributed by atoms with Crippen LogP contribution in [0, 0.1) is 13.8 Å². The van der Waals surface area contributed by atoms with E-state index in [0.717, 1.165) is 57.9 Å². The van der Waals surface area contributed by atoms with Crippen LogP contribution in [-0.2, 0) is 17.6 Å². The van der Waals surface area contributed by atoms with Crippen molar-refractivity contribution in [2.24, 2.45) is 0 Å². The normalized spacial score (nSPS) is 19.8. The molecule has 1 amide bonds. The van der Waals surface area contributed by atoms with Crippen LogP contribution in [0.25, 0.3) is 0 Å². The molecule has 174 valence electrons. The number of nitrogens with zero attached hydrogens (tertiary/aromatic N) is 3. The predicted octanol–water partition coefficient (Wildman–Crippen LogP) is 4.00. The van der Waals surface area contributed by atoms with Gasteiger partial charge in [0.15, 0.2) is 10.9 Å². The Balaban J connectivity index is 1.36. The van der Waals surface area contributed by atoms with Crippen LogP contribution in [0.3, 0.4) is 0 Å². The lowest BCUT2D eigenvalue weighted by molar-refractivity contribution is 0.0900. The summed E-state index contributed by atoms with van der Waals surface area (Å²) in [6, 6.07) is 8.53. The molecule has 1 fully saturated rings. The second-order valence-electron chi connectivity index (χ2n) is 9.44. The van der Waals surface area contributed by atoms with Gasteiger partial charge in [-0.2, -0.15) is 0 Å². The Labute approximate surface area is 197 Å². The summed E-state index contributed by atoms with van der Waals surface area (Å²) < 4.78 is 11.1. The first kappa shape index (κ1) is 21.9. The maximum atomic E-state index is 12.6. The molecule has 0 bridgehead atoms. The van der Waals surface area contributed by atoms with Gasteiger partial charge in [-0.05, 0) is 51.8 Å². The van der Waals surface area contributed by atoms with E-state index < -0.39 is 0 Å². The fourth-order valence-electron chi connectivity index (χ4n) is 4.52. The van der Waals surface area contributed by atoms with Gasteiger partial charge in [-0.1, -0.05) is 28.6 Å². The number of aromatic nitrogens is 2. The molecule has 1 saturated heterocycles. The lowest BCUT2D eigenvalue weighted by Gasteiger charge is -2.35. The number of hydrogen-bond donors (Lipinski definition) is 2. The number of carbonyl (C=O) groups excluding carboxylic acids is 1. The number of fused-ring (bicyclic) bond motifs is 1. The third kappa shape index (κ3) is 4.47. The third-order valence-corrected chi connectivity index (χ3v) is 7.26. The van der Waals surface area contributed by atoms with E-state index >= 15 is 0 Å². The summed E-state index contributed by atoms with van der Waals surface area (Å²) in [7, 11) is 0. The fraction of sp³-hybridized carbons (Fsp3) is 0.458. The van der Waals surface area contributed by atoms with Crippen LogP contribution in [0.1, 0.15) is 46.2 Å². The van der Waals surface area contributed by atoms with Crippen molar-refractivity contribution in [1.29, 1.82) is 0 Å². The highest BCUT2D eigenvalue weighted by Gasteiger charge is 2.35. The minimum Gasteiger partial charge on any atom is -0.377 e. The summed E-state index contributed by atoms with van der Waals surface area (Å²) >= 11 is 1.49. The number of aryl methyl sites for hydroxylation is 2. The minimum absolute atomic E-state index is 0.0205. The van der Waals surface area contributed by atoms with Crippen molar-refractivity contribution in [3.63, 3.8) is 0 Å². The summed E-state index contributed by atoms with van der Waals surface area (Å²) in [5.74, 6) is 0.748. The summed E-state index contributed by atoms with van der Waals surface area (Å²) in [5, 5.41) is 11.4. The van der Waals surface area contributed by atoms with Crippen LogP contribution in [0.4, 0.5) is 16.5 Å². The second-order valence-corrected chi connectivity index (χ2v) is 10.4. The number of benzene rings is 1. The molecule has 33 heavy (non-hydrogen) atoms. The first-order chi connectivity index (χ1) is 15.8. The van der Waals surface area contributed by atoms with Crippen molar-refractivity contribution in [3.8, 4) is 0 Å². The Morgan fingerprint density at radius 2 is 2.18 bits per heavy atom. The van der Waals surface area contributed by atoms with Crippen molar-refractivity contribution < 1.29 is 14.1 Å².